The van der Waals surface area contributed by atoms with Crippen molar-refractivity contribution in [2.75, 3.05) is 24.5 Å². The summed E-state index contributed by atoms with van der Waals surface area (Å²) in [6, 6.07) is 17.7. The van der Waals surface area contributed by atoms with Gasteiger partial charge >= 0.3 is 6.03 Å². The third-order valence-electron chi connectivity index (χ3n) is 7.37. The summed E-state index contributed by atoms with van der Waals surface area (Å²) in [6.45, 7) is 2.00. The Hall–Kier alpha value is -2.85. The topological polar surface area (TPSA) is 106 Å². The molecule has 2 aromatic carbocycles. The lowest BCUT2D eigenvalue weighted by Gasteiger charge is -2.45. The molecule has 4 aliphatic heterocycles. The molecule has 4 heterocycles. The summed E-state index contributed by atoms with van der Waals surface area (Å²) in [7, 11) is 0. The van der Waals surface area contributed by atoms with E-state index < -0.39 is 6.10 Å². The molecule has 3 fully saturated rings. The zero-order valence-corrected chi connectivity index (χ0v) is 20.1. The Balaban J connectivity index is 1.26. The molecule has 0 aromatic heterocycles. The molecule has 35 heavy (non-hydrogen) atoms. The zero-order chi connectivity index (χ0) is 23.9. The summed E-state index contributed by atoms with van der Waals surface area (Å²) >= 11 is 1.49. The molecule has 6 rings (SSSR count). The summed E-state index contributed by atoms with van der Waals surface area (Å²) in [5.74, 6) is -0.217. The Kier molecular flexibility index (Phi) is 6.01. The Morgan fingerprint density at radius 3 is 2.57 bits per heavy atom. The molecule has 5 N–H and O–H groups in total. The van der Waals surface area contributed by atoms with Crippen molar-refractivity contribution in [3.05, 3.63) is 65.2 Å². The molecule has 4 aliphatic rings. The number of aliphatic hydroxyl groups is 1. The van der Waals surface area contributed by atoms with Gasteiger partial charge in [0.1, 0.15) is 0 Å². The maximum Gasteiger partial charge on any atom is 0.326 e. The summed E-state index contributed by atoms with van der Waals surface area (Å²) < 4.78 is 0. The van der Waals surface area contributed by atoms with Crippen molar-refractivity contribution in [3.8, 4) is 11.1 Å². The normalized spacial score (nSPS) is 30.0. The van der Waals surface area contributed by atoms with Crippen LogP contribution in [0.15, 0.2) is 65.2 Å². The highest BCUT2D eigenvalue weighted by molar-refractivity contribution is 8.04. The van der Waals surface area contributed by atoms with Gasteiger partial charge in [0.05, 0.1) is 28.5 Å². The van der Waals surface area contributed by atoms with Gasteiger partial charge in [-0.25, -0.2) is 4.79 Å². The van der Waals surface area contributed by atoms with Gasteiger partial charge in [0, 0.05) is 23.8 Å². The minimum atomic E-state index is -0.617. The SMILES string of the molecule is O=C(N[C@H]1CCNC[C@H]1O)C1=C2NC(=O)N(c3ccc(-c4ccccc4)cc3)C3CCNC(S1)C23. The second-order valence-corrected chi connectivity index (χ2v) is 10.6. The summed E-state index contributed by atoms with van der Waals surface area (Å²) in [5, 5.41) is 23.0. The van der Waals surface area contributed by atoms with Crippen LogP contribution in [0.3, 0.4) is 0 Å². The Morgan fingerprint density at radius 1 is 1.03 bits per heavy atom. The molecule has 0 bridgehead atoms. The van der Waals surface area contributed by atoms with Crippen LogP contribution < -0.4 is 26.2 Å². The highest BCUT2D eigenvalue weighted by Gasteiger charge is 2.51. The van der Waals surface area contributed by atoms with E-state index in [1.807, 2.05) is 35.2 Å². The Morgan fingerprint density at radius 2 is 1.80 bits per heavy atom. The zero-order valence-electron chi connectivity index (χ0n) is 19.2. The molecule has 0 saturated carbocycles. The summed E-state index contributed by atoms with van der Waals surface area (Å²) in [6.07, 6.45) is 0.863. The number of hydrogen-bond acceptors (Lipinski definition) is 6. The fourth-order valence-corrected chi connectivity index (χ4v) is 7.01. The van der Waals surface area contributed by atoms with Crippen molar-refractivity contribution in [1.29, 1.82) is 0 Å². The van der Waals surface area contributed by atoms with E-state index in [9.17, 15) is 14.7 Å². The Bertz CT molecular complexity index is 1160. The van der Waals surface area contributed by atoms with Gasteiger partial charge in [0.2, 0.25) is 0 Å². The third kappa shape index (κ3) is 4.12. The van der Waals surface area contributed by atoms with Gasteiger partial charge in [-0.3, -0.25) is 9.69 Å². The van der Waals surface area contributed by atoms with Crippen molar-refractivity contribution in [1.82, 2.24) is 21.3 Å². The van der Waals surface area contributed by atoms with Crippen LogP contribution in [0.1, 0.15) is 12.8 Å². The number of aliphatic hydroxyl groups excluding tert-OH is 1. The monoisotopic (exact) mass is 491 g/mol. The molecule has 9 heteroatoms. The molecule has 0 radical (unpaired) electrons. The van der Waals surface area contributed by atoms with Crippen molar-refractivity contribution in [2.24, 2.45) is 5.92 Å². The van der Waals surface area contributed by atoms with Gasteiger partial charge in [0.15, 0.2) is 0 Å². The first-order valence-corrected chi connectivity index (χ1v) is 13.1. The molecule has 0 aliphatic carbocycles. The molecule has 3 unspecified atom stereocenters. The van der Waals surface area contributed by atoms with Crippen LogP contribution in [0.2, 0.25) is 0 Å². The van der Waals surface area contributed by atoms with E-state index in [1.54, 1.807) is 0 Å². The average Bonchev–Trinajstić information content (AvgIpc) is 3.26. The molecule has 2 aromatic rings. The number of carbonyl (C=O) groups excluding carboxylic acids is 2. The maximum absolute atomic E-state index is 13.4. The standard InChI is InChI=1S/C26H29N5O3S/c32-20-14-27-12-10-18(20)29-24(33)23-22-21-19(11-13-28-25(21)35-23)31(26(34)30-22)17-8-6-16(7-9-17)15-4-2-1-3-5-15/h1-9,18-21,25,27-28,32H,10-14H2,(H,29,33)(H,30,34)/t18-,19?,20+,21?,25?/m0/s1. The number of urea groups is 1. The fourth-order valence-electron chi connectivity index (χ4n) is 5.61. The van der Waals surface area contributed by atoms with E-state index in [2.05, 4.69) is 45.5 Å². The summed E-state index contributed by atoms with van der Waals surface area (Å²) in [4.78, 5) is 29.0. The minimum Gasteiger partial charge on any atom is -0.390 e. The number of hydrogen-bond donors (Lipinski definition) is 5. The van der Waals surface area contributed by atoms with E-state index >= 15 is 0 Å². The number of rotatable bonds is 4. The Labute approximate surface area is 208 Å². The lowest BCUT2D eigenvalue weighted by molar-refractivity contribution is -0.118. The van der Waals surface area contributed by atoms with Crippen molar-refractivity contribution >= 4 is 29.4 Å². The predicted molar refractivity (Wildman–Crippen MR) is 137 cm³/mol. The number of anilines is 1. The fraction of sp³-hybridized carbons (Fsp3) is 0.385. The van der Waals surface area contributed by atoms with E-state index in [1.165, 1.54) is 11.8 Å². The van der Waals surface area contributed by atoms with E-state index in [4.69, 9.17) is 0 Å². The third-order valence-corrected chi connectivity index (χ3v) is 8.72. The number of nitrogens with zero attached hydrogens (tertiary/aromatic N) is 1. The second kappa shape index (κ2) is 9.31. The predicted octanol–water partition coefficient (Wildman–Crippen LogP) is 1.98. The van der Waals surface area contributed by atoms with Crippen LogP contribution in [0, 0.1) is 5.92 Å². The highest BCUT2D eigenvalue weighted by atomic mass is 32.2. The molecule has 3 amide bonds. The first-order chi connectivity index (χ1) is 17.1. The van der Waals surface area contributed by atoms with Crippen molar-refractivity contribution in [2.45, 2.75) is 36.4 Å². The lowest BCUT2D eigenvalue weighted by Crippen LogP contribution is -2.62. The first kappa shape index (κ1) is 22.6. The number of β-amino-alcohol motifs (C(OH)–C–C–N with tert-alkyl or cyclic N) is 1. The van der Waals surface area contributed by atoms with Crippen LogP contribution in [0.25, 0.3) is 11.1 Å². The molecule has 5 atom stereocenters. The van der Waals surface area contributed by atoms with Gasteiger partial charge in [-0.05, 0) is 49.2 Å². The number of piperidine rings is 2. The quantitative estimate of drug-likeness (QED) is 0.448. The van der Waals surface area contributed by atoms with Crippen molar-refractivity contribution < 1.29 is 14.7 Å². The average molecular weight is 492 g/mol. The van der Waals surface area contributed by atoms with Gasteiger partial charge < -0.3 is 26.4 Å². The highest BCUT2D eigenvalue weighted by Crippen LogP contribution is 2.48. The number of benzene rings is 2. The van der Waals surface area contributed by atoms with Gasteiger partial charge in [-0.2, -0.15) is 0 Å². The van der Waals surface area contributed by atoms with Gasteiger partial charge in [-0.15, -0.1) is 0 Å². The molecular formula is C26H29N5O3S. The lowest BCUT2D eigenvalue weighted by atomic mass is 9.86. The van der Waals surface area contributed by atoms with Crippen LogP contribution in [0.5, 0.6) is 0 Å². The van der Waals surface area contributed by atoms with Crippen LogP contribution in [-0.4, -0.2) is 60.2 Å². The second-order valence-electron chi connectivity index (χ2n) is 9.47. The smallest absolute Gasteiger partial charge is 0.326 e. The molecule has 3 saturated heterocycles. The van der Waals surface area contributed by atoms with Gasteiger partial charge in [0.25, 0.3) is 5.91 Å². The number of carbonyl (C=O) groups is 2. The van der Waals surface area contributed by atoms with Gasteiger partial charge in [-0.1, -0.05) is 54.2 Å². The van der Waals surface area contributed by atoms with E-state index in [0.29, 0.717) is 23.6 Å². The van der Waals surface area contributed by atoms with Crippen LogP contribution in [0.4, 0.5) is 10.5 Å². The molecular weight excluding hydrogens is 462 g/mol. The van der Waals surface area contributed by atoms with E-state index in [0.717, 1.165) is 36.3 Å². The molecule has 0 spiro atoms. The number of amides is 3. The maximum atomic E-state index is 13.4. The van der Waals surface area contributed by atoms with E-state index in [-0.39, 0.29) is 35.3 Å². The van der Waals surface area contributed by atoms with Crippen LogP contribution in [-0.2, 0) is 4.79 Å². The largest absolute Gasteiger partial charge is 0.390 e. The molecule has 8 nitrogen and oxygen atoms in total. The van der Waals surface area contributed by atoms with Crippen LogP contribution >= 0.6 is 11.8 Å². The minimum absolute atomic E-state index is 0.000976. The number of nitrogens with one attached hydrogen (secondary N) is 4. The molecule has 182 valence electrons. The first-order valence-electron chi connectivity index (χ1n) is 12.2. The summed E-state index contributed by atoms with van der Waals surface area (Å²) in [5.41, 5.74) is 3.80. The number of thioether (sulfide) groups is 1. The van der Waals surface area contributed by atoms with Crippen molar-refractivity contribution in [3.63, 3.8) is 0 Å².